The van der Waals surface area contributed by atoms with Crippen LogP contribution in [0.15, 0.2) is 84.9 Å². The van der Waals surface area contributed by atoms with Crippen LogP contribution in [0.3, 0.4) is 0 Å². The fourth-order valence-corrected chi connectivity index (χ4v) is 3.95. The van der Waals surface area contributed by atoms with Crippen molar-refractivity contribution in [1.82, 2.24) is 0 Å². The Morgan fingerprint density at radius 1 is 0.818 bits per heavy atom. The van der Waals surface area contributed by atoms with Crippen LogP contribution in [0.25, 0.3) is 10.8 Å². The van der Waals surface area contributed by atoms with Crippen LogP contribution in [0.5, 0.6) is 0 Å². The molecular formula is C25H15N3O5. The number of benzene rings is 4. The minimum absolute atomic E-state index is 0.0213. The fourth-order valence-electron chi connectivity index (χ4n) is 3.95. The van der Waals surface area contributed by atoms with Gasteiger partial charge in [-0.3, -0.25) is 24.5 Å². The Bertz CT molecular complexity index is 1470. The summed E-state index contributed by atoms with van der Waals surface area (Å²) in [7, 11) is 0. The highest BCUT2D eigenvalue weighted by molar-refractivity contribution is 6.35. The molecule has 5 rings (SSSR count). The number of hydrogen-bond acceptors (Lipinski definition) is 5. The number of rotatable bonds is 4. The normalized spacial score (nSPS) is 12.7. The van der Waals surface area contributed by atoms with E-state index in [4.69, 9.17) is 0 Å². The standard InChI is InChI=1S/C25H15N3O5/c29-23(26-20-9-3-6-15-5-1-2-7-18(15)20)16-11-13-17(14-12-16)27-24(30)19-8-4-10-21(28(32)33)22(19)25(27)31/h1-14H,(H,26,29). The van der Waals surface area contributed by atoms with Crippen molar-refractivity contribution in [3.8, 4) is 0 Å². The van der Waals surface area contributed by atoms with Crippen LogP contribution in [0, 0.1) is 10.1 Å². The molecule has 4 aromatic carbocycles. The van der Waals surface area contributed by atoms with Crippen molar-refractivity contribution in [3.05, 3.63) is 112 Å². The van der Waals surface area contributed by atoms with Crippen LogP contribution in [-0.4, -0.2) is 22.6 Å². The summed E-state index contributed by atoms with van der Waals surface area (Å²) in [5.41, 5.74) is 0.540. The first kappa shape index (κ1) is 20.1. The second-order valence-electron chi connectivity index (χ2n) is 7.43. The van der Waals surface area contributed by atoms with Crippen molar-refractivity contribution in [2.45, 2.75) is 0 Å². The monoisotopic (exact) mass is 437 g/mol. The first-order valence-corrected chi connectivity index (χ1v) is 10.0. The van der Waals surface area contributed by atoms with E-state index in [1.807, 2.05) is 36.4 Å². The van der Waals surface area contributed by atoms with E-state index in [-0.39, 0.29) is 22.7 Å². The number of imide groups is 1. The highest BCUT2D eigenvalue weighted by atomic mass is 16.6. The van der Waals surface area contributed by atoms with E-state index in [0.29, 0.717) is 11.3 Å². The number of carbonyl (C=O) groups excluding carboxylic acids is 3. The zero-order valence-corrected chi connectivity index (χ0v) is 17.0. The second kappa shape index (κ2) is 7.69. The van der Waals surface area contributed by atoms with E-state index in [2.05, 4.69) is 5.32 Å². The maximum absolute atomic E-state index is 12.8. The van der Waals surface area contributed by atoms with E-state index < -0.39 is 22.4 Å². The molecule has 1 heterocycles. The van der Waals surface area contributed by atoms with Crippen LogP contribution in [0.1, 0.15) is 31.1 Å². The third kappa shape index (κ3) is 3.30. The molecule has 0 radical (unpaired) electrons. The van der Waals surface area contributed by atoms with E-state index in [1.165, 1.54) is 42.5 Å². The van der Waals surface area contributed by atoms with Crippen molar-refractivity contribution in [1.29, 1.82) is 0 Å². The van der Waals surface area contributed by atoms with Crippen LogP contribution >= 0.6 is 0 Å². The van der Waals surface area contributed by atoms with Gasteiger partial charge in [-0.2, -0.15) is 0 Å². The number of fused-ring (bicyclic) bond motifs is 2. The van der Waals surface area contributed by atoms with Gasteiger partial charge in [0.25, 0.3) is 23.4 Å². The molecule has 1 aliphatic rings. The van der Waals surface area contributed by atoms with Crippen molar-refractivity contribution in [2.24, 2.45) is 0 Å². The molecule has 0 atom stereocenters. The van der Waals surface area contributed by atoms with E-state index in [0.717, 1.165) is 15.7 Å². The second-order valence-corrected chi connectivity index (χ2v) is 7.43. The smallest absolute Gasteiger partial charge is 0.283 e. The number of hydrogen-bond donors (Lipinski definition) is 1. The van der Waals surface area contributed by atoms with Gasteiger partial charge in [-0.05, 0) is 41.8 Å². The van der Waals surface area contributed by atoms with Crippen molar-refractivity contribution in [2.75, 3.05) is 10.2 Å². The molecule has 4 aromatic rings. The lowest BCUT2D eigenvalue weighted by atomic mass is 10.1. The quantitative estimate of drug-likeness (QED) is 0.280. The maximum atomic E-state index is 12.8. The zero-order chi connectivity index (χ0) is 23.1. The summed E-state index contributed by atoms with van der Waals surface area (Å²) in [5.74, 6) is -1.77. The predicted molar refractivity (Wildman–Crippen MR) is 123 cm³/mol. The highest BCUT2D eigenvalue weighted by Crippen LogP contribution is 2.34. The minimum Gasteiger partial charge on any atom is -0.321 e. The van der Waals surface area contributed by atoms with Crippen LogP contribution in [0.4, 0.5) is 17.1 Å². The van der Waals surface area contributed by atoms with Crippen LogP contribution in [-0.2, 0) is 0 Å². The molecule has 33 heavy (non-hydrogen) atoms. The summed E-state index contributed by atoms with van der Waals surface area (Å²) in [6.07, 6.45) is 0. The van der Waals surface area contributed by atoms with Gasteiger partial charge in [0.1, 0.15) is 5.56 Å². The molecule has 0 saturated heterocycles. The van der Waals surface area contributed by atoms with Gasteiger partial charge in [0.05, 0.1) is 16.2 Å². The number of anilines is 2. The molecule has 0 bridgehead atoms. The number of nitro benzene ring substituents is 1. The molecule has 8 nitrogen and oxygen atoms in total. The molecule has 1 aliphatic heterocycles. The number of nitrogens with one attached hydrogen (secondary N) is 1. The topological polar surface area (TPSA) is 110 Å². The molecule has 8 heteroatoms. The molecule has 0 aliphatic carbocycles. The van der Waals surface area contributed by atoms with Crippen molar-refractivity contribution >= 4 is 45.6 Å². The van der Waals surface area contributed by atoms with Gasteiger partial charge in [0.15, 0.2) is 0 Å². The zero-order valence-electron chi connectivity index (χ0n) is 17.0. The van der Waals surface area contributed by atoms with Gasteiger partial charge in [-0.25, -0.2) is 4.90 Å². The van der Waals surface area contributed by atoms with E-state index in [1.54, 1.807) is 6.07 Å². The number of carbonyl (C=O) groups is 3. The summed E-state index contributed by atoms with van der Waals surface area (Å²) in [6, 6.07) is 23.1. The summed E-state index contributed by atoms with van der Waals surface area (Å²) in [4.78, 5) is 49.9. The molecule has 1 N–H and O–H groups in total. The summed E-state index contributed by atoms with van der Waals surface area (Å²) in [6.45, 7) is 0. The Balaban J connectivity index is 1.41. The summed E-state index contributed by atoms with van der Waals surface area (Å²) < 4.78 is 0. The lowest BCUT2D eigenvalue weighted by Crippen LogP contribution is -2.29. The lowest BCUT2D eigenvalue weighted by Gasteiger charge is -2.14. The molecule has 0 unspecified atom stereocenters. The Morgan fingerprint density at radius 3 is 2.27 bits per heavy atom. The molecule has 0 fully saturated rings. The van der Waals surface area contributed by atoms with E-state index in [9.17, 15) is 24.5 Å². The molecule has 0 spiro atoms. The first-order valence-electron chi connectivity index (χ1n) is 10.0. The molecular weight excluding hydrogens is 422 g/mol. The van der Waals surface area contributed by atoms with Gasteiger partial charge in [-0.1, -0.05) is 42.5 Å². The van der Waals surface area contributed by atoms with Crippen LogP contribution in [0.2, 0.25) is 0 Å². The Labute approximate surface area is 187 Å². The SMILES string of the molecule is O=C(Nc1cccc2ccccc12)c1ccc(N2C(=O)c3cccc([N+](=O)[O-])c3C2=O)cc1. The Kier molecular flexibility index (Phi) is 4.68. The fraction of sp³-hybridized carbons (Fsp3) is 0. The third-order valence-electron chi connectivity index (χ3n) is 5.52. The first-order chi connectivity index (χ1) is 16.0. The minimum atomic E-state index is -0.768. The summed E-state index contributed by atoms with van der Waals surface area (Å²) in [5, 5.41) is 16.1. The van der Waals surface area contributed by atoms with Gasteiger partial charge >= 0.3 is 0 Å². The Morgan fingerprint density at radius 2 is 1.52 bits per heavy atom. The third-order valence-corrected chi connectivity index (χ3v) is 5.52. The van der Waals surface area contributed by atoms with Crippen LogP contribution < -0.4 is 10.2 Å². The summed E-state index contributed by atoms with van der Waals surface area (Å²) >= 11 is 0. The van der Waals surface area contributed by atoms with Gasteiger partial charge in [0.2, 0.25) is 0 Å². The lowest BCUT2D eigenvalue weighted by molar-refractivity contribution is -0.385. The highest BCUT2D eigenvalue weighted by Gasteiger charge is 2.41. The predicted octanol–water partition coefficient (Wildman–Crippen LogP) is 4.80. The number of nitrogens with zero attached hydrogens (tertiary/aromatic N) is 2. The maximum Gasteiger partial charge on any atom is 0.283 e. The number of amides is 3. The Hall–Kier alpha value is -4.85. The average Bonchev–Trinajstić information content (AvgIpc) is 3.09. The molecule has 0 aromatic heterocycles. The van der Waals surface area contributed by atoms with E-state index >= 15 is 0 Å². The molecule has 160 valence electrons. The van der Waals surface area contributed by atoms with Gasteiger partial charge in [-0.15, -0.1) is 0 Å². The van der Waals surface area contributed by atoms with Crippen molar-refractivity contribution in [3.63, 3.8) is 0 Å². The average molecular weight is 437 g/mol. The van der Waals surface area contributed by atoms with Crippen molar-refractivity contribution < 1.29 is 19.3 Å². The van der Waals surface area contributed by atoms with Gasteiger partial charge in [0, 0.05) is 22.7 Å². The number of nitro groups is 1. The molecule has 0 saturated carbocycles. The van der Waals surface area contributed by atoms with Gasteiger partial charge < -0.3 is 5.32 Å². The molecule has 3 amide bonds. The largest absolute Gasteiger partial charge is 0.321 e.